The number of hydrogen-bond acceptors (Lipinski definition) is 6. The van der Waals surface area contributed by atoms with Crippen molar-refractivity contribution in [1.82, 2.24) is 4.57 Å². The number of thioether (sulfide) groups is 1. The first kappa shape index (κ1) is 23.7. The normalized spacial score (nSPS) is 25.8. The Morgan fingerprint density at radius 2 is 1.86 bits per heavy atom. The maximum absolute atomic E-state index is 13.3. The molecule has 2 heterocycles. The van der Waals surface area contributed by atoms with Crippen molar-refractivity contribution in [2.24, 2.45) is 17.8 Å². The molecular weight excluding hydrogens is 492 g/mol. The highest BCUT2D eigenvalue weighted by atomic mass is 32.2. The maximum atomic E-state index is 13.3. The summed E-state index contributed by atoms with van der Waals surface area (Å²) in [6.07, 6.45) is 3.79. The minimum atomic E-state index is -0.176. The number of amides is 1. The Morgan fingerprint density at radius 1 is 1.08 bits per heavy atom. The number of ether oxygens (including phenoxy) is 2. The van der Waals surface area contributed by atoms with E-state index in [1.54, 1.807) is 18.8 Å². The van der Waals surface area contributed by atoms with Crippen LogP contribution in [-0.2, 0) is 11.3 Å². The van der Waals surface area contributed by atoms with Gasteiger partial charge < -0.3 is 14.8 Å². The molecular formula is C28H30N2O4S2. The van der Waals surface area contributed by atoms with E-state index in [-0.39, 0.29) is 23.2 Å². The van der Waals surface area contributed by atoms with Crippen molar-refractivity contribution >= 4 is 34.7 Å². The summed E-state index contributed by atoms with van der Waals surface area (Å²) in [6.45, 7) is 1.99. The van der Waals surface area contributed by atoms with Gasteiger partial charge in [0.1, 0.15) is 6.54 Å². The molecule has 2 saturated carbocycles. The number of para-hydroxylation sites is 1. The Kier molecular flexibility index (Phi) is 6.12. The van der Waals surface area contributed by atoms with E-state index in [0.29, 0.717) is 34.5 Å². The molecule has 2 aromatic carbocycles. The largest absolute Gasteiger partial charge is 0.493 e. The minimum absolute atomic E-state index is 0.0239. The van der Waals surface area contributed by atoms with Crippen molar-refractivity contribution in [3.8, 4) is 11.5 Å². The molecule has 1 amide bonds. The van der Waals surface area contributed by atoms with Crippen LogP contribution in [0.5, 0.6) is 11.5 Å². The lowest BCUT2D eigenvalue weighted by Gasteiger charge is -2.40. The predicted molar refractivity (Wildman–Crippen MR) is 144 cm³/mol. The van der Waals surface area contributed by atoms with Gasteiger partial charge in [-0.15, -0.1) is 11.8 Å². The van der Waals surface area contributed by atoms with E-state index in [9.17, 15) is 9.59 Å². The molecule has 3 aliphatic rings. The highest BCUT2D eigenvalue weighted by Gasteiger charge is 2.55. The molecule has 2 bridgehead atoms. The monoisotopic (exact) mass is 522 g/mol. The SMILES string of the molecule is COc1ccc(C2c3sc(=O)n(CC(=O)Nc4ccccc4C)c3SC3C4CCC(C4)C23)cc1OC. The first-order valence-corrected chi connectivity index (χ1v) is 14.2. The third-order valence-corrected chi connectivity index (χ3v) is 11.0. The number of aromatic nitrogens is 1. The lowest BCUT2D eigenvalue weighted by molar-refractivity contribution is -0.116. The highest BCUT2D eigenvalue weighted by molar-refractivity contribution is 8.00. The van der Waals surface area contributed by atoms with Gasteiger partial charge in [-0.05, 0) is 73.3 Å². The molecule has 5 unspecified atom stereocenters. The molecule has 0 saturated heterocycles. The van der Waals surface area contributed by atoms with Crippen molar-refractivity contribution < 1.29 is 14.3 Å². The summed E-state index contributed by atoms with van der Waals surface area (Å²) in [6, 6.07) is 13.9. The van der Waals surface area contributed by atoms with Crippen LogP contribution in [0.15, 0.2) is 52.3 Å². The van der Waals surface area contributed by atoms with E-state index < -0.39 is 0 Å². The van der Waals surface area contributed by atoms with Crippen LogP contribution >= 0.6 is 23.1 Å². The minimum Gasteiger partial charge on any atom is -0.493 e. The summed E-state index contributed by atoms with van der Waals surface area (Å²) in [5.41, 5.74) is 2.94. The van der Waals surface area contributed by atoms with E-state index in [0.717, 1.165) is 26.7 Å². The van der Waals surface area contributed by atoms with Gasteiger partial charge in [0.15, 0.2) is 11.5 Å². The average Bonchev–Trinajstić information content (AvgIpc) is 3.58. The quantitative estimate of drug-likeness (QED) is 0.461. The summed E-state index contributed by atoms with van der Waals surface area (Å²) in [7, 11) is 3.30. The average molecular weight is 523 g/mol. The van der Waals surface area contributed by atoms with Gasteiger partial charge in [-0.2, -0.15) is 0 Å². The van der Waals surface area contributed by atoms with Gasteiger partial charge in [0, 0.05) is 21.7 Å². The van der Waals surface area contributed by atoms with Crippen molar-refractivity contribution in [3.05, 3.63) is 68.1 Å². The lowest BCUT2D eigenvalue weighted by atomic mass is 9.75. The van der Waals surface area contributed by atoms with E-state index >= 15 is 0 Å². The highest BCUT2D eigenvalue weighted by Crippen LogP contribution is 2.64. The Balaban J connectivity index is 1.39. The Labute approximate surface area is 219 Å². The zero-order valence-electron chi connectivity index (χ0n) is 20.7. The number of benzene rings is 2. The van der Waals surface area contributed by atoms with Crippen LogP contribution in [0.3, 0.4) is 0 Å². The zero-order chi connectivity index (χ0) is 25.0. The van der Waals surface area contributed by atoms with E-state index in [2.05, 4.69) is 17.4 Å². The number of hydrogen-bond donors (Lipinski definition) is 1. The van der Waals surface area contributed by atoms with E-state index in [4.69, 9.17) is 9.47 Å². The molecule has 36 heavy (non-hydrogen) atoms. The van der Waals surface area contributed by atoms with E-state index in [1.165, 1.54) is 30.6 Å². The third-order valence-electron chi connectivity index (χ3n) is 8.18. The topological polar surface area (TPSA) is 69.6 Å². The number of carbonyl (C=O) groups excluding carboxylic acids is 1. The van der Waals surface area contributed by atoms with Gasteiger partial charge >= 0.3 is 4.87 Å². The van der Waals surface area contributed by atoms with Crippen LogP contribution in [0.2, 0.25) is 0 Å². The van der Waals surface area contributed by atoms with Gasteiger partial charge in [-0.1, -0.05) is 35.6 Å². The second-order valence-electron chi connectivity index (χ2n) is 10.1. The van der Waals surface area contributed by atoms with Gasteiger partial charge in [-0.25, -0.2) is 0 Å². The molecule has 6 nitrogen and oxygen atoms in total. The van der Waals surface area contributed by atoms with Crippen molar-refractivity contribution in [2.75, 3.05) is 19.5 Å². The number of nitrogens with one attached hydrogen (secondary N) is 1. The molecule has 1 aliphatic heterocycles. The number of rotatable bonds is 6. The summed E-state index contributed by atoms with van der Waals surface area (Å²) in [5, 5.41) is 4.43. The molecule has 188 valence electrons. The van der Waals surface area contributed by atoms with Crippen LogP contribution in [0, 0.1) is 24.7 Å². The molecule has 8 heteroatoms. The van der Waals surface area contributed by atoms with Crippen LogP contribution in [0.1, 0.15) is 41.2 Å². The molecule has 3 aromatic rings. The third kappa shape index (κ3) is 3.86. The van der Waals surface area contributed by atoms with Crippen molar-refractivity contribution in [3.63, 3.8) is 0 Å². The fourth-order valence-electron chi connectivity index (χ4n) is 6.55. The van der Waals surface area contributed by atoms with Gasteiger partial charge in [0.25, 0.3) is 0 Å². The first-order chi connectivity index (χ1) is 17.5. The number of anilines is 1. The van der Waals surface area contributed by atoms with Gasteiger partial charge in [-0.3, -0.25) is 14.2 Å². The number of aryl methyl sites for hydroxylation is 1. The molecule has 0 radical (unpaired) electrons. The number of methoxy groups -OCH3 is 2. The van der Waals surface area contributed by atoms with E-state index in [1.807, 2.05) is 49.0 Å². The molecule has 1 N–H and O–H groups in total. The van der Waals surface area contributed by atoms with Crippen molar-refractivity contribution in [2.45, 2.75) is 48.9 Å². The molecule has 0 spiro atoms. The predicted octanol–water partition coefficient (Wildman–Crippen LogP) is 5.53. The number of nitrogens with zero attached hydrogens (tertiary/aromatic N) is 1. The number of thiazole rings is 1. The lowest BCUT2D eigenvalue weighted by Crippen LogP contribution is -2.34. The fraction of sp³-hybridized carbons (Fsp3) is 0.429. The molecule has 6 rings (SSSR count). The molecule has 2 aliphatic carbocycles. The van der Waals surface area contributed by atoms with Crippen LogP contribution < -0.4 is 19.7 Å². The van der Waals surface area contributed by atoms with Crippen molar-refractivity contribution in [1.29, 1.82) is 0 Å². The standard InChI is InChI=1S/C28H30N2O4S2/c1-15-6-4-5-7-19(15)29-22(31)14-30-27-26(36-28(30)32)24(17-10-11-20(33-2)21(13-17)34-3)23-16-8-9-18(12-16)25(23)35-27/h4-7,10-11,13,16,18,23-25H,8-9,12,14H2,1-3H3,(H,29,31). The molecule has 2 fully saturated rings. The Bertz CT molecular complexity index is 1380. The van der Waals surface area contributed by atoms with Crippen LogP contribution in [0.4, 0.5) is 5.69 Å². The Hall–Kier alpha value is -2.71. The van der Waals surface area contributed by atoms with Crippen LogP contribution in [-0.4, -0.2) is 29.9 Å². The summed E-state index contributed by atoms with van der Waals surface area (Å²) < 4.78 is 12.8. The first-order valence-electron chi connectivity index (χ1n) is 12.5. The maximum Gasteiger partial charge on any atom is 0.308 e. The number of fused-ring (bicyclic) bond motifs is 6. The Morgan fingerprint density at radius 3 is 2.64 bits per heavy atom. The summed E-state index contributed by atoms with van der Waals surface area (Å²) in [4.78, 5) is 27.4. The smallest absolute Gasteiger partial charge is 0.308 e. The number of carbonyl (C=O) groups is 1. The van der Waals surface area contributed by atoms with Crippen LogP contribution in [0.25, 0.3) is 0 Å². The fourth-order valence-corrected chi connectivity index (χ4v) is 9.70. The molecule has 1 aromatic heterocycles. The summed E-state index contributed by atoms with van der Waals surface area (Å²) >= 11 is 3.15. The van der Waals surface area contributed by atoms with Gasteiger partial charge in [0.05, 0.1) is 19.2 Å². The van der Waals surface area contributed by atoms with Gasteiger partial charge in [0.2, 0.25) is 5.91 Å². The second kappa shape index (κ2) is 9.30. The molecule has 5 atom stereocenters. The second-order valence-corrected chi connectivity index (χ2v) is 12.2. The summed E-state index contributed by atoms with van der Waals surface area (Å²) in [5.74, 6) is 3.20. The zero-order valence-corrected chi connectivity index (χ0v) is 22.3.